The van der Waals surface area contributed by atoms with Crippen molar-refractivity contribution in [3.05, 3.63) is 47.3 Å². The molecule has 1 amide bonds. The zero-order valence-corrected chi connectivity index (χ0v) is 18.1. The van der Waals surface area contributed by atoms with Crippen molar-refractivity contribution < 1.29 is 23.1 Å². The van der Waals surface area contributed by atoms with Crippen LogP contribution in [0.5, 0.6) is 0 Å². The van der Waals surface area contributed by atoms with E-state index in [9.17, 15) is 23.1 Å². The van der Waals surface area contributed by atoms with Crippen LogP contribution in [-0.4, -0.2) is 57.4 Å². The monoisotopic (exact) mass is 470 g/mol. The molecule has 1 atom stereocenters. The molecule has 0 unspecified atom stereocenters. The molecule has 3 rings (SSSR count). The molecule has 0 saturated carbocycles. The summed E-state index contributed by atoms with van der Waals surface area (Å²) in [6.07, 6.45) is 2.13. The number of carbonyl (C=O) groups is 2. The van der Waals surface area contributed by atoms with Gasteiger partial charge in [-0.3, -0.25) is 4.79 Å². The van der Waals surface area contributed by atoms with Crippen molar-refractivity contribution in [3.8, 4) is 0 Å². The Kier molecular flexibility index (Phi) is 6.84. The predicted molar refractivity (Wildman–Crippen MR) is 114 cm³/mol. The minimum atomic E-state index is -3.08. The van der Waals surface area contributed by atoms with Gasteiger partial charge < -0.3 is 15.0 Å². The third-order valence-electron chi connectivity index (χ3n) is 4.47. The number of carbonyl (C=O) groups excluding carboxylic acids is 1. The molecule has 12 heteroatoms. The third-order valence-corrected chi connectivity index (χ3v) is 7.44. The number of thioether (sulfide) groups is 1. The van der Waals surface area contributed by atoms with Gasteiger partial charge in [-0.1, -0.05) is 29.4 Å². The number of hydrogen-bond acceptors (Lipinski definition) is 7. The second-order valence-corrected chi connectivity index (χ2v) is 10.3. The third kappa shape index (κ3) is 5.21. The van der Waals surface area contributed by atoms with Gasteiger partial charge >= 0.3 is 5.97 Å². The molecule has 1 saturated heterocycles. The van der Waals surface area contributed by atoms with E-state index in [0.717, 1.165) is 11.8 Å². The molecule has 0 spiro atoms. The molecule has 9 nitrogen and oxygen atoms in total. The Morgan fingerprint density at radius 2 is 2.17 bits per heavy atom. The van der Waals surface area contributed by atoms with Gasteiger partial charge in [0, 0.05) is 17.5 Å². The average molecular weight is 471 g/mol. The normalized spacial score (nSPS) is 17.6. The number of aromatic carboxylic acids is 1. The number of nitrogens with one attached hydrogen (secondary N) is 1. The Balaban J connectivity index is 1.72. The first-order valence-electron chi connectivity index (χ1n) is 8.90. The highest BCUT2D eigenvalue weighted by Gasteiger charge is 2.33. The van der Waals surface area contributed by atoms with Crippen molar-refractivity contribution in [1.82, 2.24) is 14.8 Å². The van der Waals surface area contributed by atoms with Crippen LogP contribution in [0.1, 0.15) is 28.5 Å². The molecule has 0 aliphatic carbocycles. The number of amides is 1. The first-order chi connectivity index (χ1) is 14.2. The largest absolute Gasteiger partial charge is 0.478 e. The lowest BCUT2D eigenvalue weighted by Crippen LogP contribution is -2.17. The summed E-state index contributed by atoms with van der Waals surface area (Å²) in [6.45, 7) is 4.08. The topological polar surface area (TPSA) is 131 Å². The maximum Gasteiger partial charge on any atom is 0.337 e. The number of hydrogen-bond donors (Lipinski definition) is 2. The van der Waals surface area contributed by atoms with E-state index in [1.54, 1.807) is 10.6 Å². The summed E-state index contributed by atoms with van der Waals surface area (Å²) in [7, 11) is -3.08. The van der Waals surface area contributed by atoms with Crippen LogP contribution in [-0.2, 0) is 21.2 Å². The van der Waals surface area contributed by atoms with Crippen LogP contribution >= 0.6 is 23.4 Å². The fourth-order valence-corrected chi connectivity index (χ4v) is 5.80. The van der Waals surface area contributed by atoms with Crippen molar-refractivity contribution in [2.45, 2.75) is 24.0 Å². The van der Waals surface area contributed by atoms with Gasteiger partial charge in [-0.2, -0.15) is 0 Å². The molecule has 0 bridgehead atoms. The highest BCUT2D eigenvalue weighted by atomic mass is 35.5. The van der Waals surface area contributed by atoms with Crippen LogP contribution in [0, 0.1) is 0 Å². The van der Waals surface area contributed by atoms with Crippen LogP contribution in [0.25, 0.3) is 0 Å². The summed E-state index contributed by atoms with van der Waals surface area (Å²) in [4.78, 5) is 23.7. The summed E-state index contributed by atoms with van der Waals surface area (Å²) in [5.74, 6) is -1.21. The standard InChI is InChI=1S/C18H19ClN4O5S2/c1-2-6-23-16(11-5-7-30(27,28)10-11)21-22-18(23)29-9-15(24)20-14-8-12(19)3-4-13(14)17(25)26/h2-4,8,11H,1,5-7,9-10H2,(H,20,24)(H,25,26)/t11-/m0/s1. The lowest BCUT2D eigenvalue weighted by molar-refractivity contribution is -0.113. The zero-order chi connectivity index (χ0) is 21.9. The molecular weight excluding hydrogens is 452 g/mol. The lowest BCUT2D eigenvalue weighted by atomic mass is 10.1. The van der Waals surface area contributed by atoms with Gasteiger partial charge in [0.15, 0.2) is 15.0 Å². The number of aromatic nitrogens is 3. The number of benzene rings is 1. The number of sulfone groups is 1. The van der Waals surface area contributed by atoms with E-state index >= 15 is 0 Å². The summed E-state index contributed by atoms with van der Waals surface area (Å²) >= 11 is 7.01. The molecule has 1 aliphatic heterocycles. The Hall–Kier alpha value is -2.37. The van der Waals surface area contributed by atoms with E-state index < -0.39 is 21.7 Å². The van der Waals surface area contributed by atoms with Crippen molar-refractivity contribution in [3.63, 3.8) is 0 Å². The van der Waals surface area contributed by atoms with Gasteiger partial charge in [-0.05, 0) is 24.6 Å². The number of carboxylic acids is 1. The maximum atomic E-state index is 12.4. The van der Waals surface area contributed by atoms with E-state index in [0.29, 0.717) is 29.0 Å². The Labute approximate surface area is 182 Å². The Morgan fingerprint density at radius 1 is 1.40 bits per heavy atom. The summed E-state index contributed by atoms with van der Waals surface area (Å²) in [5.41, 5.74) is 0.0299. The van der Waals surface area contributed by atoms with E-state index in [2.05, 4.69) is 22.1 Å². The minimum absolute atomic E-state index is 0.0279. The van der Waals surface area contributed by atoms with Gasteiger partial charge in [0.05, 0.1) is 28.5 Å². The maximum absolute atomic E-state index is 12.4. The number of allylic oxidation sites excluding steroid dienone is 1. The van der Waals surface area contributed by atoms with Crippen LogP contribution in [0.4, 0.5) is 5.69 Å². The van der Waals surface area contributed by atoms with E-state index in [1.165, 1.54) is 18.2 Å². The fourth-order valence-electron chi connectivity index (χ4n) is 3.13. The predicted octanol–water partition coefficient (Wildman–Crippen LogP) is 2.45. The molecule has 30 heavy (non-hydrogen) atoms. The molecular formula is C18H19ClN4O5S2. The van der Waals surface area contributed by atoms with E-state index in [-0.39, 0.29) is 34.4 Å². The first-order valence-corrected chi connectivity index (χ1v) is 12.1. The van der Waals surface area contributed by atoms with Crippen molar-refractivity contribution in [2.75, 3.05) is 22.6 Å². The highest BCUT2D eigenvalue weighted by molar-refractivity contribution is 7.99. The molecule has 160 valence electrons. The minimum Gasteiger partial charge on any atom is -0.478 e. The molecule has 1 aromatic heterocycles. The van der Waals surface area contributed by atoms with Gasteiger partial charge in [-0.15, -0.1) is 16.8 Å². The van der Waals surface area contributed by atoms with Gasteiger partial charge in [0.2, 0.25) is 5.91 Å². The molecule has 1 aliphatic rings. The van der Waals surface area contributed by atoms with Gasteiger partial charge in [-0.25, -0.2) is 13.2 Å². The molecule has 1 fully saturated rings. The second-order valence-electron chi connectivity index (χ2n) is 6.67. The Morgan fingerprint density at radius 3 is 2.80 bits per heavy atom. The van der Waals surface area contributed by atoms with Crippen molar-refractivity contribution >= 4 is 50.8 Å². The molecule has 2 N–H and O–H groups in total. The SMILES string of the molecule is C=CCn1c(SCC(=O)Nc2cc(Cl)ccc2C(=O)O)nnc1[C@H]1CCS(=O)(=O)C1. The summed E-state index contributed by atoms with van der Waals surface area (Å²) in [6, 6.07) is 4.11. The lowest BCUT2D eigenvalue weighted by Gasteiger charge is -2.11. The highest BCUT2D eigenvalue weighted by Crippen LogP contribution is 2.30. The van der Waals surface area contributed by atoms with Gasteiger partial charge in [0.25, 0.3) is 0 Å². The summed E-state index contributed by atoms with van der Waals surface area (Å²) in [5, 5.41) is 20.8. The second kappa shape index (κ2) is 9.19. The van der Waals surface area contributed by atoms with E-state index in [4.69, 9.17) is 11.6 Å². The van der Waals surface area contributed by atoms with Crippen molar-refractivity contribution in [1.29, 1.82) is 0 Å². The number of nitrogens with zero attached hydrogens (tertiary/aromatic N) is 3. The average Bonchev–Trinajstić information content (AvgIpc) is 3.22. The van der Waals surface area contributed by atoms with Crippen LogP contribution in [0.3, 0.4) is 0 Å². The number of rotatable bonds is 8. The first kappa shape index (κ1) is 22.3. The van der Waals surface area contributed by atoms with E-state index in [1.807, 2.05) is 0 Å². The number of halogens is 1. The quantitative estimate of drug-likeness (QED) is 0.444. The number of carboxylic acid groups (broad SMARTS) is 1. The van der Waals surface area contributed by atoms with Crippen LogP contribution in [0.2, 0.25) is 5.02 Å². The van der Waals surface area contributed by atoms with Gasteiger partial charge in [0.1, 0.15) is 5.82 Å². The molecule has 2 heterocycles. The molecule has 2 aromatic rings. The number of anilines is 1. The fraction of sp³-hybridized carbons (Fsp3) is 0.333. The molecule has 0 radical (unpaired) electrons. The molecule has 1 aromatic carbocycles. The zero-order valence-electron chi connectivity index (χ0n) is 15.7. The summed E-state index contributed by atoms with van der Waals surface area (Å²) < 4.78 is 25.3. The van der Waals surface area contributed by atoms with Crippen LogP contribution in [0.15, 0.2) is 36.0 Å². The van der Waals surface area contributed by atoms with Crippen LogP contribution < -0.4 is 5.32 Å². The Bertz CT molecular complexity index is 1100. The van der Waals surface area contributed by atoms with Crippen molar-refractivity contribution in [2.24, 2.45) is 0 Å². The smallest absolute Gasteiger partial charge is 0.337 e.